The number of fused-ring (bicyclic) bond motifs is 1. The summed E-state index contributed by atoms with van der Waals surface area (Å²) in [6, 6.07) is 3.60. The van der Waals surface area contributed by atoms with Crippen LogP contribution < -0.4 is 11.1 Å². The van der Waals surface area contributed by atoms with Crippen molar-refractivity contribution in [1.82, 2.24) is 20.0 Å². The van der Waals surface area contributed by atoms with Crippen molar-refractivity contribution in [1.29, 1.82) is 0 Å². The lowest BCUT2D eigenvalue weighted by atomic mass is 10.0. The third kappa shape index (κ3) is 5.78. The maximum Gasteiger partial charge on any atom is 0.269 e. The van der Waals surface area contributed by atoms with E-state index in [4.69, 9.17) is 10.5 Å². The first-order valence-corrected chi connectivity index (χ1v) is 12.2. The summed E-state index contributed by atoms with van der Waals surface area (Å²) < 4.78 is 20.9. The van der Waals surface area contributed by atoms with Crippen LogP contribution in [0.25, 0.3) is 16.5 Å². The van der Waals surface area contributed by atoms with Crippen LogP contribution in [0.1, 0.15) is 35.8 Å². The number of rotatable bonds is 8. The van der Waals surface area contributed by atoms with E-state index < -0.39 is 42.1 Å². The molecular weight excluding hydrogens is 497 g/mol. The van der Waals surface area contributed by atoms with E-state index in [0.29, 0.717) is 23.9 Å². The number of aliphatic hydroxyl groups is 1. The Bertz CT molecular complexity index is 1310. The van der Waals surface area contributed by atoms with Gasteiger partial charge >= 0.3 is 0 Å². The lowest BCUT2D eigenvalue weighted by Gasteiger charge is -2.31. The second kappa shape index (κ2) is 11.6. The Morgan fingerprint density at radius 3 is 2.87 bits per heavy atom. The molecule has 4 N–H and O–H groups in total. The fourth-order valence-corrected chi connectivity index (χ4v) is 4.67. The molecule has 2 saturated heterocycles. The van der Waals surface area contributed by atoms with E-state index in [1.165, 1.54) is 22.0 Å². The molecule has 2 fully saturated rings. The van der Waals surface area contributed by atoms with Crippen molar-refractivity contribution >= 4 is 34.2 Å². The number of halogens is 1. The Labute approximate surface area is 218 Å². The average molecular weight is 528 g/mol. The maximum atomic E-state index is 14.4. The summed E-state index contributed by atoms with van der Waals surface area (Å²) in [4.78, 5) is 39.5. The summed E-state index contributed by atoms with van der Waals surface area (Å²) in [5.41, 5.74) is 7.49. The van der Waals surface area contributed by atoms with Crippen LogP contribution in [0, 0.1) is 0 Å². The van der Waals surface area contributed by atoms with Gasteiger partial charge in [-0.3, -0.25) is 19.1 Å². The number of primary amides is 1. The van der Waals surface area contributed by atoms with E-state index in [1.807, 2.05) is 6.92 Å². The van der Waals surface area contributed by atoms with Crippen LogP contribution >= 0.6 is 0 Å². The van der Waals surface area contributed by atoms with E-state index in [9.17, 15) is 23.9 Å². The van der Waals surface area contributed by atoms with Gasteiger partial charge in [0.05, 0.1) is 37.0 Å². The van der Waals surface area contributed by atoms with Crippen molar-refractivity contribution < 1.29 is 28.6 Å². The summed E-state index contributed by atoms with van der Waals surface area (Å²) in [7, 11) is 0. The molecule has 13 heteroatoms. The van der Waals surface area contributed by atoms with E-state index in [0.717, 1.165) is 11.1 Å². The summed E-state index contributed by atoms with van der Waals surface area (Å²) in [5, 5.41) is 25.0. The van der Waals surface area contributed by atoms with Gasteiger partial charge in [0.25, 0.3) is 5.91 Å². The number of aliphatic hydroxyl groups excluding tert-OH is 1. The zero-order chi connectivity index (χ0) is 27.4. The highest BCUT2D eigenvalue weighted by Gasteiger charge is 2.41. The number of hydrogen-bond acceptors (Lipinski definition) is 8. The molecule has 1 aromatic heterocycles. The molecule has 3 amide bonds. The number of likely N-dealkylation sites (tertiary alicyclic amines) is 1. The number of nitrogens with two attached hydrogens (primary N) is 1. The number of carbonyl (C=O) groups excluding carboxylic acids is 3. The molecule has 0 bridgehead atoms. The molecule has 2 aromatic rings. The minimum Gasteiger partial charge on any atom is -0.389 e. The van der Waals surface area contributed by atoms with Crippen LogP contribution in [0.3, 0.4) is 0 Å². The number of nitrogens with one attached hydrogen (secondary N) is 1. The molecule has 0 radical (unpaired) electrons. The smallest absolute Gasteiger partial charge is 0.269 e. The SMILES string of the molecule is C=C/N=N\C=C(/C)c1ccc2c(c1)c(C(N)=O)nn2CC(=O)N1CC(F)CC1C(=O)NC1CCOCC1O. The quantitative estimate of drug-likeness (QED) is 0.438. The normalized spacial score (nSPS) is 24.2. The molecule has 1 aromatic carbocycles. The predicted octanol–water partition coefficient (Wildman–Crippen LogP) is 1.30. The number of nitrogens with zero attached hydrogens (tertiary/aromatic N) is 5. The van der Waals surface area contributed by atoms with E-state index in [1.54, 1.807) is 18.2 Å². The molecule has 2 aliphatic heterocycles. The molecule has 2 aliphatic rings. The van der Waals surface area contributed by atoms with Crippen molar-refractivity contribution in [2.24, 2.45) is 16.0 Å². The number of allylic oxidation sites excluding steroid dienone is 1. The van der Waals surface area contributed by atoms with Crippen molar-refractivity contribution in [3.63, 3.8) is 0 Å². The second-order valence-electron chi connectivity index (χ2n) is 9.27. The monoisotopic (exact) mass is 527 g/mol. The number of ether oxygens (including phenoxy) is 1. The molecule has 0 saturated carbocycles. The van der Waals surface area contributed by atoms with Gasteiger partial charge in [0, 0.05) is 24.6 Å². The van der Waals surface area contributed by atoms with Gasteiger partial charge in [-0.2, -0.15) is 15.3 Å². The van der Waals surface area contributed by atoms with Crippen LogP contribution in [0.15, 0.2) is 47.4 Å². The second-order valence-corrected chi connectivity index (χ2v) is 9.27. The number of azo groups is 1. The summed E-state index contributed by atoms with van der Waals surface area (Å²) in [6.45, 7) is 5.17. The third-order valence-corrected chi connectivity index (χ3v) is 6.65. The van der Waals surface area contributed by atoms with Crippen molar-refractivity contribution in [2.45, 2.75) is 50.7 Å². The lowest BCUT2D eigenvalue weighted by molar-refractivity contribution is -0.140. The molecule has 3 heterocycles. The number of aromatic nitrogens is 2. The van der Waals surface area contributed by atoms with Crippen LogP contribution in [0.2, 0.25) is 0 Å². The average Bonchev–Trinajstić information content (AvgIpc) is 3.46. The number of hydrogen-bond donors (Lipinski definition) is 3. The van der Waals surface area contributed by atoms with Crippen LogP contribution in [0.4, 0.5) is 4.39 Å². The Hall–Kier alpha value is -3.97. The van der Waals surface area contributed by atoms with Gasteiger partial charge in [-0.25, -0.2) is 4.39 Å². The largest absolute Gasteiger partial charge is 0.389 e. The summed E-state index contributed by atoms with van der Waals surface area (Å²) >= 11 is 0. The molecule has 4 atom stereocenters. The molecule has 4 unspecified atom stereocenters. The topological polar surface area (TPSA) is 164 Å². The molecule has 202 valence electrons. The van der Waals surface area contributed by atoms with Crippen molar-refractivity contribution in [3.8, 4) is 0 Å². The molecule has 0 spiro atoms. The highest BCUT2D eigenvalue weighted by molar-refractivity contribution is 6.05. The van der Waals surface area contributed by atoms with Gasteiger partial charge in [-0.15, -0.1) is 0 Å². The molecule has 0 aliphatic carbocycles. The molecule has 4 rings (SSSR count). The van der Waals surface area contributed by atoms with Crippen LogP contribution in [-0.2, 0) is 20.9 Å². The fourth-order valence-electron chi connectivity index (χ4n) is 4.67. The molecular formula is C25H30FN7O5. The van der Waals surface area contributed by atoms with Crippen molar-refractivity contribution in [2.75, 3.05) is 19.8 Å². The highest BCUT2D eigenvalue weighted by Crippen LogP contribution is 2.26. The van der Waals surface area contributed by atoms with Gasteiger partial charge in [0.1, 0.15) is 18.8 Å². The molecule has 38 heavy (non-hydrogen) atoms. The predicted molar refractivity (Wildman–Crippen MR) is 135 cm³/mol. The third-order valence-electron chi connectivity index (χ3n) is 6.65. The first-order valence-electron chi connectivity index (χ1n) is 12.2. The first kappa shape index (κ1) is 27.1. The summed E-state index contributed by atoms with van der Waals surface area (Å²) in [6.07, 6.45) is 0.840. The number of alkyl halides is 1. The van der Waals surface area contributed by atoms with Crippen LogP contribution in [-0.4, -0.2) is 81.6 Å². The number of amides is 3. The Morgan fingerprint density at radius 1 is 1.37 bits per heavy atom. The number of carbonyl (C=O) groups is 3. The standard InChI is InChI=1S/C25H30FN7O5/c1-3-28-29-10-14(2)15-4-5-19-17(8-15)23(24(27)36)31-33(19)12-22(35)32-11-16(26)9-20(32)25(37)30-18-6-7-38-13-21(18)34/h3-5,8,10,16,18,20-21,34H,1,6-7,9,11-13H2,2H3,(H2,27,36)(H,30,37)/b14-10+,29-28-. The van der Waals surface area contributed by atoms with E-state index in [2.05, 4.69) is 27.2 Å². The van der Waals surface area contributed by atoms with Gasteiger partial charge in [-0.1, -0.05) is 12.6 Å². The lowest BCUT2D eigenvalue weighted by Crippen LogP contribution is -2.54. The zero-order valence-electron chi connectivity index (χ0n) is 20.9. The first-order chi connectivity index (χ1) is 18.2. The maximum absolute atomic E-state index is 14.4. The van der Waals surface area contributed by atoms with Gasteiger partial charge < -0.3 is 25.8 Å². The number of benzene rings is 1. The zero-order valence-corrected chi connectivity index (χ0v) is 20.9. The minimum atomic E-state index is -1.37. The fraction of sp³-hybridized carbons (Fsp3) is 0.440. The van der Waals surface area contributed by atoms with Crippen molar-refractivity contribution in [3.05, 3.63) is 48.4 Å². The molecule has 12 nitrogen and oxygen atoms in total. The van der Waals surface area contributed by atoms with Gasteiger partial charge in [-0.05, 0) is 36.6 Å². The highest BCUT2D eigenvalue weighted by atomic mass is 19.1. The van der Waals surface area contributed by atoms with E-state index >= 15 is 0 Å². The summed E-state index contributed by atoms with van der Waals surface area (Å²) in [5.74, 6) is -1.85. The van der Waals surface area contributed by atoms with Crippen LogP contribution in [0.5, 0.6) is 0 Å². The Morgan fingerprint density at radius 2 is 2.16 bits per heavy atom. The minimum absolute atomic E-state index is 0.0252. The van der Waals surface area contributed by atoms with Gasteiger partial charge in [0.2, 0.25) is 11.8 Å². The Kier molecular flexibility index (Phi) is 8.27. The van der Waals surface area contributed by atoms with E-state index in [-0.39, 0.29) is 31.8 Å². The Balaban J connectivity index is 1.56. The van der Waals surface area contributed by atoms with Gasteiger partial charge in [0.15, 0.2) is 5.69 Å².